The number of carboxylic acids is 1. The third kappa shape index (κ3) is 6.07. The molecule has 3 aromatic rings. The molecule has 0 bridgehead atoms. The van der Waals surface area contributed by atoms with Crippen molar-refractivity contribution >= 4 is 17.6 Å². The molecule has 1 atom stereocenters. The molecule has 2 N–H and O–H groups in total. The van der Waals surface area contributed by atoms with Gasteiger partial charge in [-0.15, -0.1) is 0 Å². The smallest absolute Gasteiger partial charge is 0.339 e. The van der Waals surface area contributed by atoms with Gasteiger partial charge in [0.25, 0.3) is 0 Å². The highest BCUT2D eigenvalue weighted by molar-refractivity contribution is 6.30. The summed E-state index contributed by atoms with van der Waals surface area (Å²) in [6.45, 7) is 2.06. The van der Waals surface area contributed by atoms with Crippen LogP contribution in [0.25, 0.3) is 0 Å². The molecule has 0 aromatic heterocycles. The van der Waals surface area contributed by atoms with Crippen LogP contribution in [0.3, 0.4) is 0 Å². The number of piperidine rings is 1. The Morgan fingerprint density at radius 1 is 1.08 bits per heavy atom. The number of carboxylic acid groups (broad SMARTS) is 1. The zero-order valence-electron chi connectivity index (χ0n) is 21.4. The normalized spacial score (nSPS) is 17.0. The predicted octanol–water partition coefficient (Wildman–Crippen LogP) is 4.85. The van der Waals surface area contributed by atoms with Crippen LogP contribution in [0.2, 0.25) is 5.02 Å². The fourth-order valence-corrected chi connectivity index (χ4v) is 5.51. The Kier molecular flexibility index (Phi) is 7.79. The SMILES string of the molecule is COc1ccc(Cc2ccc(C(=O)O)c(OC[C@@H](O)CN3CCC4(CC3)Cc3cc(Cl)ccc3O4)c2)cc1. The van der Waals surface area contributed by atoms with Gasteiger partial charge in [0.05, 0.1) is 7.11 Å². The molecule has 0 aliphatic carbocycles. The summed E-state index contributed by atoms with van der Waals surface area (Å²) < 4.78 is 17.4. The van der Waals surface area contributed by atoms with Crippen molar-refractivity contribution in [1.29, 1.82) is 0 Å². The molecule has 0 amide bonds. The zero-order valence-corrected chi connectivity index (χ0v) is 22.1. The Bertz CT molecular complexity index is 1290. The van der Waals surface area contributed by atoms with Gasteiger partial charge >= 0.3 is 5.97 Å². The maximum atomic E-state index is 11.8. The van der Waals surface area contributed by atoms with E-state index in [1.54, 1.807) is 25.3 Å². The second-order valence-corrected chi connectivity index (χ2v) is 10.6. The summed E-state index contributed by atoms with van der Waals surface area (Å²) >= 11 is 6.15. The van der Waals surface area contributed by atoms with Crippen molar-refractivity contribution in [3.05, 3.63) is 87.9 Å². The van der Waals surface area contributed by atoms with E-state index in [-0.39, 0.29) is 23.5 Å². The van der Waals surface area contributed by atoms with E-state index in [4.69, 9.17) is 25.8 Å². The number of fused-ring (bicyclic) bond motifs is 1. The van der Waals surface area contributed by atoms with Gasteiger partial charge in [-0.25, -0.2) is 4.79 Å². The monoisotopic (exact) mass is 537 g/mol. The summed E-state index contributed by atoms with van der Waals surface area (Å²) in [6, 6.07) is 18.6. The summed E-state index contributed by atoms with van der Waals surface area (Å²) in [6.07, 6.45) is 2.45. The van der Waals surface area contributed by atoms with E-state index >= 15 is 0 Å². The van der Waals surface area contributed by atoms with Crippen molar-refractivity contribution in [3.63, 3.8) is 0 Å². The van der Waals surface area contributed by atoms with Gasteiger partial charge in [-0.05, 0) is 65.6 Å². The number of ether oxygens (including phenoxy) is 3. The molecule has 2 aliphatic rings. The van der Waals surface area contributed by atoms with E-state index < -0.39 is 12.1 Å². The van der Waals surface area contributed by atoms with Crippen LogP contribution < -0.4 is 14.2 Å². The van der Waals surface area contributed by atoms with E-state index in [0.29, 0.717) is 13.0 Å². The number of aliphatic hydroxyl groups excluding tert-OH is 1. The Morgan fingerprint density at radius 2 is 1.82 bits per heavy atom. The molecule has 5 rings (SSSR count). The first-order valence-corrected chi connectivity index (χ1v) is 13.2. The average molecular weight is 538 g/mol. The predicted molar refractivity (Wildman–Crippen MR) is 145 cm³/mol. The number of aromatic carboxylic acids is 1. The minimum absolute atomic E-state index is 0.00829. The van der Waals surface area contributed by atoms with Gasteiger partial charge in [0, 0.05) is 43.9 Å². The third-order valence-corrected chi connectivity index (χ3v) is 7.61. The number of likely N-dealkylation sites (tertiary alicyclic amines) is 1. The van der Waals surface area contributed by atoms with Crippen LogP contribution in [0, 0.1) is 0 Å². The summed E-state index contributed by atoms with van der Waals surface area (Å²) in [5.74, 6) is 0.893. The fourth-order valence-electron chi connectivity index (χ4n) is 5.31. The third-order valence-electron chi connectivity index (χ3n) is 7.37. The molecular weight excluding hydrogens is 506 g/mol. The number of hydrogen-bond acceptors (Lipinski definition) is 6. The maximum absolute atomic E-state index is 11.8. The number of benzene rings is 3. The number of nitrogens with zero attached hydrogens (tertiary/aromatic N) is 1. The number of rotatable bonds is 9. The zero-order chi connectivity index (χ0) is 26.7. The van der Waals surface area contributed by atoms with Crippen molar-refractivity contribution in [1.82, 2.24) is 4.90 Å². The van der Waals surface area contributed by atoms with Crippen LogP contribution >= 0.6 is 11.6 Å². The van der Waals surface area contributed by atoms with Crippen molar-refractivity contribution in [2.45, 2.75) is 37.4 Å². The van der Waals surface area contributed by atoms with Gasteiger partial charge in [0.2, 0.25) is 0 Å². The van der Waals surface area contributed by atoms with Crippen LogP contribution in [0.1, 0.15) is 39.9 Å². The van der Waals surface area contributed by atoms with Crippen molar-refractivity contribution in [2.24, 2.45) is 0 Å². The van der Waals surface area contributed by atoms with Gasteiger partial charge in [0.15, 0.2) is 0 Å². The molecule has 38 heavy (non-hydrogen) atoms. The van der Waals surface area contributed by atoms with Gasteiger partial charge in [-0.3, -0.25) is 0 Å². The van der Waals surface area contributed by atoms with Gasteiger partial charge in [-0.1, -0.05) is 29.8 Å². The largest absolute Gasteiger partial charge is 0.497 e. The lowest BCUT2D eigenvalue weighted by Crippen LogP contribution is -2.49. The highest BCUT2D eigenvalue weighted by atomic mass is 35.5. The Morgan fingerprint density at radius 3 is 2.53 bits per heavy atom. The molecule has 2 aliphatic heterocycles. The van der Waals surface area contributed by atoms with E-state index in [9.17, 15) is 15.0 Å². The van der Waals surface area contributed by atoms with Crippen LogP contribution in [-0.2, 0) is 12.8 Å². The minimum Gasteiger partial charge on any atom is -0.497 e. The van der Waals surface area contributed by atoms with Crippen molar-refractivity contribution in [3.8, 4) is 17.2 Å². The van der Waals surface area contributed by atoms with Crippen LogP contribution in [0.5, 0.6) is 17.2 Å². The topological polar surface area (TPSA) is 88.5 Å². The summed E-state index contributed by atoms with van der Waals surface area (Å²) in [5, 5.41) is 21.1. The molecule has 1 spiro atoms. The molecule has 0 unspecified atom stereocenters. The molecule has 2 heterocycles. The second kappa shape index (κ2) is 11.2. The molecule has 7 nitrogen and oxygen atoms in total. The van der Waals surface area contributed by atoms with Crippen LogP contribution in [-0.4, -0.2) is 66.1 Å². The molecule has 8 heteroatoms. The molecule has 1 fully saturated rings. The quantitative estimate of drug-likeness (QED) is 0.403. The standard InChI is InChI=1S/C30H32ClNO6/c1-36-25-6-2-20(3-7-25)14-21-4-8-26(29(34)35)28(15-21)37-19-24(33)18-32-12-10-30(11-13-32)17-22-16-23(31)5-9-27(22)38-30/h2-9,15-16,24,33H,10-14,17-19H2,1H3,(H,34,35)/t24-/m0/s1. The molecule has 0 saturated carbocycles. The first-order chi connectivity index (χ1) is 18.3. The molecule has 200 valence electrons. The summed E-state index contributed by atoms with van der Waals surface area (Å²) in [7, 11) is 1.62. The van der Waals surface area contributed by atoms with Crippen LogP contribution in [0.4, 0.5) is 0 Å². The van der Waals surface area contributed by atoms with Gasteiger partial charge in [0.1, 0.15) is 41.1 Å². The van der Waals surface area contributed by atoms with Gasteiger partial charge < -0.3 is 29.3 Å². The highest BCUT2D eigenvalue weighted by Crippen LogP contribution is 2.42. The molecular formula is C30H32ClNO6. The first-order valence-electron chi connectivity index (χ1n) is 12.8. The lowest BCUT2D eigenvalue weighted by atomic mass is 9.87. The van der Waals surface area contributed by atoms with E-state index in [0.717, 1.165) is 65.6 Å². The number of methoxy groups -OCH3 is 1. The number of halogens is 1. The van der Waals surface area contributed by atoms with E-state index in [1.165, 1.54) is 0 Å². The average Bonchev–Trinajstić information content (AvgIpc) is 3.26. The van der Waals surface area contributed by atoms with Crippen molar-refractivity contribution < 1.29 is 29.2 Å². The van der Waals surface area contributed by atoms with E-state index in [1.807, 2.05) is 42.5 Å². The second-order valence-electron chi connectivity index (χ2n) is 10.1. The molecule has 0 radical (unpaired) electrons. The lowest BCUT2D eigenvalue weighted by Gasteiger charge is -2.39. The lowest BCUT2D eigenvalue weighted by molar-refractivity contribution is -0.00203. The van der Waals surface area contributed by atoms with Crippen LogP contribution in [0.15, 0.2) is 60.7 Å². The van der Waals surface area contributed by atoms with Crippen molar-refractivity contribution in [2.75, 3.05) is 33.4 Å². The molecule has 3 aromatic carbocycles. The number of carbonyl (C=O) groups is 1. The minimum atomic E-state index is -1.06. The number of aliphatic hydroxyl groups is 1. The maximum Gasteiger partial charge on any atom is 0.339 e. The molecule has 1 saturated heterocycles. The number of hydrogen-bond donors (Lipinski definition) is 2. The highest BCUT2D eigenvalue weighted by Gasteiger charge is 2.42. The summed E-state index contributed by atoms with van der Waals surface area (Å²) in [5.41, 5.74) is 3.02. The van der Waals surface area contributed by atoms with Gasteiger partial charge in [-0.2, -0.15) is 0 Å². The fraction of sp³-hybridized carbons (Fsp3) is 0.367. The Balaban J connectivity index is 1.15. The first kappa shape index (κ1) is 26.4. The Labute approximate surface area is 227 Å². The Hall–Kier alpha value is -3.26. The number of β-amino-alcohol motifs (C(OH)–C–C–N with tert-alkyl or cyclic N) is 1. The van der Waals surface area contributed by atoms with E-state index in [2.05, 4.69) is 4.90 Å². The summed E-state index contributed by atoms with van der Waals surface area (Å²) in [4.78, 5) is 14.0.